The first-order chi connectivity index (χ1) is 10.5. The number of aryl methyl sites for hydroxylation is 2. The molecule has 0 saturated carbocycles. The molecule has 114 valence electrons. The van der Waals surface area contributed by atoms with Gasteiger partial charge in [-0.3, -0.25) is 9.59 Å². The number of rotatable bonds is 3. The topological polar surface area (TPSA) is 49.4 Å². The van der Waals surface area contributed by atoms with Crippen molar-refractivity contribution in [2.45, 2.75) is 26.3 Å². The third kappa shape index (κ3) is 2.90. The van der Waals surface area contributed by atoms with Crippen molar-refractivity contribution < 1.29 is 9.59 Å². The van der Waals surface area contributed by atoms with Gasteiger partial charge in [-0.1, -0.05) is 6.07 Å². The van der Waals surface area contributed by atoms with Gasteiger partial charge >= 0.3 is 0 Å². The van der Waals surface area contributed by atoms with Crippen LogP contribution in [0.15, 0.2) is 35.0 Å². The van der Waals surface area contributed by atoms with Crippen LogP contribution in [0.25, 0.3) is 0 Å². The summed E-state index contributed by atoms with van der Waals surface area (Å²) in [6.07, 6.45) is 0.641. The van der Waals surface area contributed by atoms with E-state index in [1.165, 1.54) is 11.3 Å². The van der Waals surface area contributed by atoms with E-state index in [1.807, 2.05) is 31.4 Å². The predicted molar refractivity (Wildman–Crippen MR) is 88.5 cm³/mol. The Bertz CT molecular complexity index is 689. The Morgan fingerprint density at radius 3 is 2.64 bits per heavy atom. The van der Waals surface area contributed by atoms with Crippen LogP contribution < -0.4 is 10.2 Å². The molecule has 1 saturated heterocycles. The number of nitrogens with one attached hydrogen (secondary N) is 1. The minimum absolute atomic E-state index is 0.0337. The highest BCUT2D eigenvalue weighted by Crippen LogP contribution is 2.24. The van der Waals surface area contributed by atoms with Crippen LogP contribution in [0.1, 0.15) is 27.9 Å². The molecule has 1 aliphatic rings. The summed E-state index contributed by atoms with van der Waals surface area (Å²) in [4.78, 5) is 26.4. The summed E-state index contributed by atoms with van der Waals surface area (Å²) in [5.74, 6) is -0.213. The highest BCUT2D eigenvalue weighted by atomic mass is 32.1. The summed E-state index contributed by atoms with van der Waals surface area (Å²) in [6.45, 7) is 4.68. The quantitative estimate of drug-likeness (QED) is 0.947. The van der Waals surface area contributed by atoms with Crippen LogP contribution in [0.5, 0.6) is 0 Å². The minimum atomic E-state index is -0.437. The van der Waals surface area contributed by atoms with E-state index in [1.54, 1.807) is 16.3 Å². The largest absolute Gasteiger partial charge is 0.340 e. The van der Waals surface area contributed by atoms with E-state index in [2.05, 4.69) is 11.4 Å². The number of amides is 2. The van der Waals surface area contributed by atoms with Crippen LogP contribution in [-0.2, 0) is 4.79 Å². The molecule has 1 N–H and O–H groups in total. The van der Waals surface area contributed by atoms with Crippen molar-refractivity contribution in [3.05, 3.63) is 51.7 Å². The van der Waals surface area contributed by atoms with Crippen LogP contribution in [-0.4, -0.2) is 24.4 Å². The average Bonchev–Trinajstić information content (AvgIpc) is 3.09. The average molecular weight is 314 g/mol. The molecule has 0 bridgehead atoms. The fourth-order valence-corrected chi connectivity index (χ4v) is 3.45. The van der Waals surface area contributed by atoms with Crippen molar-refractivity contribution in [2.24, 2.45) is 0 Å². The first kappa shape index (κ1) is 14.8. The summed E-state index contributed by atoms with van der Waals surface area (Å²) in [5, 5.41) is 6.48. The first-order valence-corrected chi connectivity index (χ1v) is 8.21. The summed E-state index contributed by atoms with van der Waals surface area (Å²) in [6, 6.07) is 7.43. The summed E-state index contributed by atoms with van der Waals surface area (Å²) in [7, 11) is 0. The number of hydrogen-bond acceptors (Lipinski definition) is 3. The summed E-state index contributed by atoms with van der Waals surface area (Å²) >= 11 is 1.47. The van der Waals surface area contributed by atoms with Crippen molar-refractivity contribution in [3.63, 3.8) is 0 Å². The zero-order valence-corrected chi connectivity index (χ0v) is 13.4. The lowest BCUT2D eigenvalue weighted by atomic mass is 10.1. The van der Waals surface area contributed by atoms with Crippen molar-refractivity contribution in [2.75, 3.05) is 11.4 Å². The number of hydrogen-bond donors (Lipinski definition) is 1. The second kappa shape index (κ2) is 5.93. The third-order valence-corrected chi connectivity index (χ3v) is 4.50. The maximum atomic E-state index is 12.5. The maximum absolute atomic E-state index is 12.5. The first-order valence-electron chi connectivity index (χ1n) is 7.27. The number of carbonyl (C=O) groups excluding carboxylic acids is 2. The van der Waals surface area contributed by atoms with Gasteiger partial charge in [0, 0.05) is 17.6 Å². The molecule has 1 aliphatic heterocycles. The molecule has 22 heavy (non-hydrogen) atoms. The molecule has 0 aliphatic carbocycles. The molecule has 2 heterocycles. The van der Waals surface area contributed by atoms with Crippen molar-refractivity contribution in [1.82, 2.24) is 5.32 Å². The fraction of sp³-hybridized carbons (Fsp3) is 0.294. The Morgan fingerprint density at radius 1 is 1.27 bits per heavy atom. The van der Waals surface area contributed by atoms with Crippen molar-refractivity contribution >= 4 is 28.8 Å². The molecule has 2 aromatic rings. The molecule has 1 aromatic heterocycles. The smallest absolute Gasteiger partial charge is 0.252 e. The molecule has 1 aromatic carbocycles. The van der Waals surface area contributed by atoms with Gasteiger partial charge in [0.25, 0.3) is 5.91 Å². The van der Waals surface area contributed by atoms with Crippen LogP contribution in [0.4, 0.5) is 5.69 Å². The standard InChI is InChI=1S/C17H18N2O2S/c1-11-7-12(2)9-14(8-11)19-5-3-15(17(19)21)18-16(20)13-4-6-22-10-13/h4,6-10,15H,3,5H2,1-2H3,(H,18,20)/t15-/m1/s1. The van der Waals surface area contributed by atoms with Crippen LogP contribution >= 0.6 is 11.3 Å². The fourth-order valence-electron chi connectivity index (χ4n) is 2.81. The monoisotopic (exact) mass is 314 g/mol. The van der Waals surface area contributed by atoms with E-state index in [9.17, 15) is 9.59 Å². The lowest BCUT2D eigenvalue weighted by molar-refractivity contribution is -0.118. The number of carbonyl (C=O) groups is 2. The molecular weight excluding hydrogens is 296 g/mol. The van der Waals surface area contributed by atoms with Gasteiger partial charge in [-0.15, -0.1) is 0 Å². The van der Waals surface area contributed by atoms with E-state index < -0.39 is 6.04 Å². The Labute approximate surface area is 133 Å². The van der Waals surface area contributed by atoms with Crippen molar-refractivity contribution in [1.29, 1.82) is 0 Å². The van der Waals surface area contributed by atoms with E-state index in [0.29, 0.717) is 18.5 Å². The van der Waals surface area contributed by atoms with Gasteiger partial charge in [0.15, 0.2) is 0 Å². The van der Waals surface area contributed by atoms with Gasteiger partial charge in [-0.05, 0) is 55.0 Å². The summed E-state index contributed by atoms with van der Waals surface area (Å²) < 4.78 is 0. The second-order valence-corrected chi connectivity index (χ2v) is 6.44. The van der Waals surface area contributed by atoms with Gasteiger partial charge in [0.05, 0.1) is 5.56 Å². The number of nitrogens with zero attached hydrogens (tertiary/aromatic N) is 1. The molecule has 2 amide bonds. The molecular formula is C17H18N2O2S. The highest BCUT2D eigenvalue weighted by molar-refractivity contribution is 7.08. The van der Waals surface area contributed by atoms with Gasteiger partial charge in [-0.2, -0.15) is 11.3 Å². The third-order valence-electron chi connectivity index (χ3n) is 3.81. The zero-order valence-electron chi connectivity index (χ0n) is 12.6. The van der Waals surface area contributed by atoms with Gasteiger partial charge < -0.3 is 10.2 Å². The molecule has 4 nitrogen and oxygen atoms in total. The van der Waals surface area contributed by atoms with Crippen LogP contribution in [0.2, 0.25) is 0 Å². The molecule has 0 radical (unpaired) electrons. The van der Waals surface area contributed by atoms with E-state index in [-0.39, 0.29) is 11.8 Å². The predicted octanol–water partition coefficient (Wildman–Crippen LogP) is 2.90. The molecule has 5 heteroatoms. The van der Waals surface area contributed by atoms with Crippen LogP contribution in [0.3, 0.4) is 0 Å². The Hall–Kier alpha value is -2.14. The van der Waals surface area contributed by atoms with E-state index >= 15 is 0 Å². The summed E-state index contributed by atoms with van der Waals surface area (Å²) in [5.41, 5.74) is 3.79. The second-order valence-electron chi connectivity index (χ2n) is 5.66. The van der Waals surface area contributed by atoms with Gasteiger partial charge in [0.2, 0.25) is 5.91 Å². The molecule has 1 atom stereocenters. The number of benzene rings is 1. The molecule has 1 fully saturated rings. The van der Waals surface area contributed by atoms with Gasteiger partial charge in [0.1, 0.15) is 6.04 Å². The highest BCUT2D eigenvalue weighted by Gasteiger charge is 2.33. The molecule has 3 rings (SSSR count). The zero-order chi connectivity index (χ0) is 15.7. The normalized spacial score (nSPS) is 17.8. The van der Waals surface area contributed by atoms with Gasteiger partial charge in [-0.25, -0.2) is 0 Å². The Balaban J connectivity index is 1.73. The lowest BCUT2D eigenvalue weighted by Crippen LogP contribution is -2.41. The van der Waals surface area contributed by atoms with Crippen molar-refractivity contribution in [3.8, 4) is 0 Å². The lowest BCUT2D eigenvalue weighted by Gasteiger charge is -2.18. The number of anilines is 1. The number of thiophene rings is 1. The Kier molecular flexibility index (Phi) is 3.98. The maximum Gasteiger partial charge on any atom is 0.252 e. The minimum Gasteiger partial charge on any atom is -0.340 e. The van der Waals surface area contributed by atoms with Crippen LogP contribution in [0, 0.1) is 13.8 Å². The SMILES string of the molecule is Cc1cc(C)cc(N2CC[C@@H](NC(=O)c3ccsc3)C2=O)c1. The Morgan fingerprint density at radius 2 is 2.00 bits per heavy atom. The molecule has 0 spiro atoms. The molecule has 0 unspecified atom stereocenters. The van der Waals surface area contributed by atoms with E-state index in [4.69, 9.17) is 0 Å². The van der Waals surface area contributed by atoms with E-state index in [0.717, 1.165) is 16.8 Å².